The largest absolute Gasteiger partial charge is 0.361 e. The molecule has 4 heteroatoms. The van der Waals surface area contributed by atoms with Gasteiger partial charge < -0.3 is 11.1 Å². The SMILES string of the molecule is NC(CCNc1nccs1)c1ccccc1. The van der Waals surface area contributed by atoms with Crippen LogP contribution in [0.4, 0.5) is 5.13 Å². The molecular weight excluding hydrogens is 218 g/mol. The highest BCUT2D eigenvalue weighted by Crippen LogP contribution is 2.15. The molecule has 0 aliphatic heterocycles. The molecule has 1 unspecified atom stereocenters. The van der Waals surface area contributed by atoms with Crippen LogP contribution in [0.25, 0.3) is 0 Å². The number of thiazole rings is 1. The predicted octanol–water partition coefficient (Wildman–Crippen LogP) is 2.65. The lowest BCUT2D eigenvalue weighted by molar-refractivity contribution is 0.675. The minimum absolute atomic E-state index is 0.0914. The topological polar surface area (TPSA) is 50.9 Å². The Morgan fingerprint density at radius 2 is 2.12 bits per heavy atom. The number of hydrogen-bond acceptors (Lipinski definition) is 4. The van der Waals surface area contributed by atoms with Gasteiger partial charge in [0, 0.05) is 24.2 Å². The van der Waals surface area contributed by atoms with Gasteiger partial charge in [0.25, 0.3) is 0 Å². The lowest BCUT2D eigenvalue weighted by Gasteiger charge is -2.11. The van der Waals surface area contributed by atoms with Crippen molar-refractivity contribution in [2.24, 2.45) is 5.73 Å². The van der Waals surface area contributed by atoms with E-state index in [-0.39, 0.29) is 6.04 Å². The molecule has 0 saturated carbocycles. The van der Waals surface area contributed by atoms with Crippen molar-refractivity contribution in [2.75, 3.05) is 11.9 Å². The molecule has 0 saturated heterocycles. The number of nitrogens with zero attached hydrogens (tertiary/aromatic N) is 1. The molecule has 2 rings (SSSR count). The van der Waals surface area contributed by atoms with Gasteiger partial charge in [-0.15, -0.1) is 11.3 Å². The Kier molecular flexibility index (Phi) is 3.91. The first-order valence-corrected chi connectivity index (χ1v) is 6.18. The van der Waals surface area contributed by atoms with E-state index >= 15 is 0 Å². The van der Waals surface area contributed by atoms with Crippen molar-refractivity contribution in [3.05, 3.63) is 47.5 Å². The van der Waals surface area contributed by atoms with Crippen LogP contribution in [-0.2, 0) is 0 Å². The molecule has 0 aliphatic rings. The Bertz CT molecular complexity index is 399. The van der Waals surface area contributed by atoms with Crippen molar-refractivity contribution in [1.29, 1.82) is 0 Å². The van der Waals surface area contributed by atoms with E-state index in [0.717, 1.165) is 18.1 Å². The van der Waals surface area contributed by atoms with Crippen LogP contribution in [0.5, 0.6) is 0 Å². The summed E-state index contributed by atoms with van der Waals surface area (Å²) in [6.45, 7) is 0.851. The van der Waals surface area contributed by atoms with Crippen LogP contribution in [0.15, 0.2) is 41.9 Å². The van der Waals surface area contributed by atoms with Crippen LogP contribution in [0.3, 0.4) is 0 Å². The van der Waals surface area contributed by atoms with E-state index in [1.165, 1.54) is 5.56 Å². The summed E-state index contributed by atoms with van der Waals surface area (Å²) in [4.78, 5) is 4.15. The molecule has 0 aliphatic carbocycles. The summed E-state index contributed by atoms with van der Waals surface area (Å²) in [6, 6.07) is 10.3. The van der Waals surface area contributed by atoms with E-state index < -0.39 is 0 Å². The highest BCUT2D eigenvalue weighted by molar-refractivity contribution is 7.13. The van der Waals surface area contributed by atoms with Crippen LogP contribution in [-0.4, -0.2) is 11.5 Å². The van der Waals surface area contributed by atoms with Crippen LogP contribution in [0.2, 0.25) is 0 Å². The normalized spacial score (nSPS) is 12.3. The third-order valence-electron chi connectivity index (χ3n) is 2.39. The second kappa shape index (κ2) is 5.63. The highest BCUT2D eigenvalue weighted by atomic mass is 32.1. The third kappa shape index (κ3) is 3.05. The zero-order chi connectivity index (χ0) is 11.2. The number of benzene rings is 1. The van der Waals surface area contributed by atoms with Crippen LogP contribution in [0.1, 0.15) is 18.0 Å². The molecule has 1 aromatic heterocycles. The molecule has 84 valence electrons. The molecule has 0 spiro atoms. The first kappa shape index (κ1) is 11.1. The smallest absolute Gasteiger partial charge is 0.182 e. The summed E-state index contributed by atoms with van der Waals surface area (Å²) in [7, 11) is 0. The maximum absolute atomic E-state index is 6.08. The fourth-order valence-corrected chi connectivity index (χ4v) is 2.07. The highest BCUT2D eigenvalue weighted by Gasteiger charge is 2.04. The molecule has 3 N–H and O–H groups in total. The van der Waals surface area contributed by atoms with Crippen LogP contribution in [0, 0.1) is 0 Å². The van der Waals surface area contributed by atoms with Gasteiger partial charge in [-0.2, -0.15) is 0 Å². The van der Waals surface area contributed by atoms with Gasteiger partial charge >= 0.3 is 0 Å². The standard InChI is InChI=1S/C12H15N3S/c13-11(10-4-2-1-3-5-10)6-7-14-12-15-8-9-16-12/h1-5,8-9,11H,6-7,13H2,(H,14,15). The van der Waals surface area contributed by atoms with Gasteiger partial charge in [-0.3, -0.25) is 0 Å². The Balaban J connectivity index is 1.78. The Hall–Kier alpha value is -1.39. The number of anilines is 1. The fraction of sp³-hybridized carbons (Fsp3) is 0.250. The maximum atomic E-state index is 6.08. The minimum Gasteiger partial charge on any atom is -0.361 e. The molecule has 1 atom stereocenters. The summed E-state index contributed by atoms with van der Waals surface area (Å²) >= 11 is 1.61. The average Bonchev–Trinajstić information content (AvgIpc) is 2.83. The molecule has 16 heavy (non-hydrogen) atoms. The first-order chi connectivity index (χ1) is 7.86. The van der Waals surface area contributed by atoms with Crippen molar-refractivity contribution < 1.29 is 0 Å². The van der Waals surface area contributed by atoms with Crippen molar-refractivity contribution in [2.45, 2.75) is 12.5 Å². The number of nitrogens with one attached hydrogen (secondary N) is 1. The molecule has 2 aromatic rings. The molecule has 0 bridgehead atoms. The lowest BCUT2D eigenvalue weighted by Crippen LogP contribution is -2.15. The second-order valence-electron chi connectivity index (χ2n) is 3.57. The fourth-order valence-electron chi connectivity index (χ4n) is 1.51. The monoisotopic (exact) mass is 233 g/mol. The first-order valence-electron chi connectivity index (χ1n) is 5.30. The van der Waals surface area contributed by atoms with E-state index in [1.807, 2.05) is 23.6 Å². The molecule has 1 aromatic carbocycles. The minimum atomic E-state index is 0.0914. The number of hydrogen-bond donors (Lipinski definition) is 2. The zero-order valence-corrected chi connectivity index (χ0v) is 9.78. The molecule has 0 amide bonds. The summed E-state index contributed by atoms with van der Waals surface area (Å²) in [5.74, 6) is 0. The summed E-state index contributed by atoms with van der Waals surface area (Å²) in [5.41, 5.74) is 7.26. The van der Waals surface area contributed by atoms with Crippen LogP contribution >= 0.6 is 11.3 Å². The van der Waals surface area contributed by atoms with Crippen molar-refractivity contribution in [3.8, 4) is 0 Å². The third-order valence-corrected chi connectivity index (χ3v) is 3.12. The van der Waals surface area contributed by atoms with Gasteiger partial charge in [0.1, 0.15) is 0 Å². The maximum Gasteiger partial charge on any atom is 0.182 e. The quantitative estimate of drug-likeness (QED) is 0.834. The van der Waals surface area contributed by atoms with Gasteiger partial charge in [0.05, 0.1) is 0 Å². The molecular formula is C12H15N3S. The molecule has 0 fully saturated rings. The summed E-state index contributed by atoms with van der Waals surface area (Å²) < 4.78 is 0. The number of rotatable bonds is 5. The van der Waals surface area contributed by atoms with Crippen molar-refractivity contribution >= 4 is 16.5 Å². The van der Waals surface area contributed by atoms with Gasteiger partial charge in [-0.25, -0.2) is 4.98 Å². The molecule has 3 nitrogen and oxygen atoms in total. The lowest BCUT2D eigenvalue weighted by atomic mass is 10.1. The Morgan fingerprint density at radius 1 is 1.31 bits per heavy atom. The predicted molar refractivity (Wildman–Crippen MR) is 68.6 cm³/mol. The van der Waals surface area contributed by atoms with Crippen molar-refractivity contribution in [1.82, 2.24) is 4.98 Å². The van der Waals surface area contributed by atoms with Gasteiger partial charge in [0.15, 0.2) is 5.13 Å². The number of nitrogens with two attached hydrogens (primary N) is 1. The van der Waals surface area contributed by atoms with Crippen LogP contribution < -0.4 is 11.1 Å². The summed E-state index contributed by atoms with van der Waals surface area (Å²) in [5, 5.41) is 6.17. The van der Waals surface area contributed by atoms with E-state index in [4.69, 9.17) is 5.73 Å². The van der Waals surface area contributed by atoms with Gasteiger partial charge in [-0.05, 0) is 12.0 Å². The van der Waals surface area contributed by atoms with E-state index in [9.17, 15) is 0 Å². The second-order valence-corrected chi connectivity index (χ2v) is 4.46. The zero-order valence-electron chi connectivity index (χ0n) is 8.97. The van der Waals surface area contributed by atoms with Gasteiger partial charge in [0.2, 0.25) is 0 Å². The van der Waals surface area contributed by atoms with Crippen molar-refractivity contribution in [3.63, 3.8) is 0 Å². The van der Waals surface area contributed by atoms with E-state index in [0.29, 0.717) is 0 Å². The van der Waals surface area contributed by atoms with Gasteiger partial charge in [-0.1, -0.05) is 30.3 Å². The van der Waals surface area contributed by atoms with E-state index in [2.05, 4.69) is 22.4 Å². The number of aromatic nitrogens is 1. The molecule has 0 radical (unpaired) electrons. The Morgan fingerprint density at radius 3 is 2.81 bits per heavy atom. The average molecular weight is 233 g/mol. The Labute approximate surface area is 99.3 Å². The molecule has 1 heterocycles. The van der Waals surface area contributed by atoms with E-state index in [1.54, 1.807) is 17.5 Å². The summed E-state index contributed by atoms with van der Waals surface area (Å²) in [6.07, 6.45) is 2.70.